The van der Waals surface area contributed by atoms with Crippen LogP contribution in [0.5, 0.6) is 0 Å². The summed E-state index contributed by atoms with van der Waals surface area (Å²) in [7, 11) is 0. The van der Waals surface area contributed by atoms with Crippen LogP contribution in [0.25, 0.3) is 0 Å². The van der Waals surface area contributed by atoms with Crippen molar-refractivity contribution in [2.24, 2.45) is 56.7 Å². The van der Waals surface area contributed by atoms with Crippen LogP contribution in [0.1, 0.15) is 111 Å². The van der Waals surface area contributed by atoms with E-state index in [-0.39, 0.29) is 52.2 Å². The smallest absolute Gasteiger partial charge is 0.223 e. The minimum Gasteiger partial charge on any atom is -0.390 e. The topological polar surface area (TPSA) is 80.3 Å². The van der Waals surface area contributed by atoms with Crippen molar-refractivity contribution in [3.05, 3.63) is 35.4 Å². The maximum absolute atomic E-state index is 13.8. The molecule has 8 aliphatic rings. The Morgan fingerprint density at radius 2 is 1.73 bits per heavy atom. The third-order valence-corrected chi connectivity index (χ3v) is 17.3. The van der Waals surface area contributed by atoms with Gasteiger partial charge in [0.15, 0.2) is 6.29 Å². The van der Waals surface area contributed by atoms with Crippen LogP contribution < -0.4 is 5.32 Å². The molecular formula is C43H62F2N2O5. The molecule has 8 fully saturated rings. The van der Waals surface area contributed by atoms with Crippen LogP contribution in [0.4, 0.5) is 8.78 Å². The van der Waals surface area contributed by atoms with Crippen molar-refractivity contribution >= 4 is 5.91 Å². The lowest BCUT2D eigenvalue weighted by Gasteiger charge is -2.64. The summed E-state index contributed by atoms with van der Waals surface area (Å²) in [5.74, 6) is 1.47. The Kier molecular flexibility index (Phi) is 8.61. The molecule has 2 heterocycles. The molecule has 5 unspecified atom stereocenters. The zero-order valence-corrected chi connectivity index (χ0v) is 32.1. The second kappa shape index (κ2) is 12.4. The Labute approximate surface area is 309 Å². The number of nitrogens with one attached hydrogen (secondary N) is 1. The molecule has 288 valence electrons. The summed E-state index contributed by atoms with van der Waals surface area (Å²) in [5.41, 5.74) is 0.908. The molecule has 9 heteroatoms. The summed E-state index contributed by atoms with van der Waals surface area (Å²) in [5, 5.41) is 15.9. The van der Waals surface area contributed by atoms with Gasteiger partial charge in [-0.05, 0) is 133 Å². The Morgan fingerprint density at radius 1 is 1.00 bits per heavy atom. The largest absolute Gasteiger partial charge is 0.390 e. The van der Waals surface area contributed by atoms with Gasteiger partial charge in [-0.15, -0.1) is 0 Å². The van der Waals surface area contributed by atoms with Crippen molar-refractivity contribution in [1.29, 1.82) is 0 Å². The van der Waals surface area contributed by atoms with Gasteiger partial charge in [-0.25, -0.2) is 8.78 Å². The normalized spacial score (nSPS) is 47.5. The summed E-state index contributed by atoms with van der Waals surface area (Å²) in [4.78, 5) is 14.9. The summed E-state index contributed by atoms with van der Waals surface area (Å²) in [6.45, 7) is 14.9. The van der Waals surface area contributed by atoms with Gasteiger partial charge in [-0.1, -0.05) is 34.6 Å². The number of amides is 1. The Bertz CT molecular complexity index is 1550. The van der Waals surface area contributed by atoms with E-state index < -0.39 is 17.7 Å². The van der Waals surface area contributed by atoms with Crippen LogP contribution in [0.3, 0.4) is 0 Å². The van der Waals surface area contributed by atoms with Crippen LogP contribution in [0, 0.1) is 68.3 Å². The zero-order chi connectivity index (χ0) is 36.4. The van der Waals surface area contributed by atoms with E-state index in [0.29, 0.717) is 79.8 Å². The molecular weight excluding hydrogens is 662 g/mol. The Hall–Kier alpha value is -1.65. The van der Waals surface area contributed by atoms with Gasteiger partial charge in [-0.2, -0.15) is 0 Å². The summed E-state index contributed by atoms with van der Waals surface area (Å²) in [6.07, 6.45) is 11.1. The quantitative estimate of drug-likeness (QED) is 0.295. The highest BCUT2D eigenvalue weighted by Crippen LogP contribution is 2.89. The Morgan fingerprint density at radius 3 is 2.48 bits per heavy atom. The second-order valence-corrected chi connectivity index (χ2v) is 20.0. The van der Waals surface area contributed by atoms with Gasteiger partial charge in [0.05, 0.1) is 37.6 Å². The molecule has 2 spiro atoms. The maximum atomic E-state index is 13.8. The van der Waals surface area contributed by atoms with Gasteiger partial charge < -0.3 is 29.5 Å². The van der Waals surface area contributed by atoms with Gasteiger partial charge in [0, 0.05) is 37.5 Å². The number of aliphatic hydroxyl groups excluding tert-OH is 1. The molecule has 1 aromatic rings. The predicted octanol–water partition coefficient (Wildman–Crippen LogP) is 7.24. The van der Waals surface area contributed by atoms with Gasteiger partial charge >= 0.3 is 0 Å². The van der Waals surface area contributed by atoms with E-state index in [1.54, 1.807) is 0 Å². The molecule has 1 aromatic carbocycles. The number of nitrogens with zero attached hydrogens (tertiary/aromatic N) is 1. The van der Waals surface area contributed by atoms with Crippen molar-refractivity contribution in [2.75, 3.05) is 26.2 Å². The number of hydrogen-bond donors (Lipinski definition) is 2. The number of rotatable bonds is 8. The van der Waals surface area contributed by atoms with Crippen molar-refractivity contribution in [3.8, 4) is 0 Å². The number of carbonyl (C=O) groups is 1. The minimum atomic E-state index is -0.562. The number of benzene rings is 1. The first-order valence-corrected chi connectivity index (χ1v) is 20.8. The van der Waals surface area contributed by atoms with E-state index in [2.05, 4.69) is 39.9 Å². The fourth-order valence-corrected chi connectivity index (χ4v) is 14.7. The monoisotopic (exact) mass is 724 g/mol. The van der Waals surface area contributed by atoms with E-state index >= 15 is 0 Å². The predicted molar refractivity (Wildman–Crippen MR) is 193 cm³/mol. The first-order chi connectivity index (χ1) is 24.7. The van der Waals surface area contributed by atoms with Crippen LogP contribution in [0.15, 0.2) is 18.2 Å². The second-order valence-electron chi connectivity index (χ2n) is 20.0. The molecule has 0 aromatic heterocycles. The number of fused-ring (bicyclic) bond motifs is 4. The highest BCUT2D eigenvalue weighted by atomic mass is 19.1. The molecule has 2 saturated heterocycles. The molecule has 1 amide bonds. The number of halogens is 2. The molecule has 0 radical (unpaired) electrons. The molecule has 9 rings (SSSR count). The summed E-state index contributed by atoms with van der Waals surface area (Å²) < 4.78 is 47.4. The molecule has 7 nitrogen and oxygen atoms in total. The molecule has 2 aliphatic heterocycles. The van der Waals surface area contributed by atoms with E-state index in [0.717, 1.165) is 38.2 Å². The number of carbonyl (C=O) groups excluding carboxylic acids is 1. The van der Waals surface area contributed by atoms with E-state index in [1.807, 2.05) is 4.90 Å². The lowest BCUT2D eigenvalue weighted by atomic mass is 9.41. The molecule has 13 atom stereocenters. The third kappa shape index (κ3) is 5.28. The molecule has 0 bridgehead atoms. The van der Waals surface area contributed by atoms with Crippen molar-refractivity contribution in [1.82, 2.24) is 10.2 Å². The van der Waals surface area contributed by atoms with Crippen LogP contribution in [-0.4, -0.2) is 72.9 Å². The van der Waals surface area contributed by atoms with Gasteiger partial charge in [0.25, 0.3) is 0 Å². The van der Waals surface area contributed by atoms with Crippen molar-refractivity contribution in [3.63, 3.8) is 0 Å². The van der Waals surface area contributed by atoms with Crippen LogP contribution in [0.2, 0.25) is 0 Å². The fraction of sp³-hybridized carbons (Fsp3) is 0.837. The standard InChI is InChI=1S/C43H62F2N2O5/c1-25-16-30(22-46-21-27-17-28(44)20-29(45)18-27)51-37-36(25)40(4)12-13-43-24-42(43)11-10-33(39(2,3)31(42)8-9-32(43)41(40,5)38(37)49)52-35-23-47(14-15-50-35)34(48)19-26-6-7-26/h17-18,20,25-26,30-33,35-38,46,49H,6-16,19,21-24H2,1-5H3/t25-,30?,31+,32+,33?,35+,36?,37?,38+,40-,41-,42?,43+/m1/s1. The first-order valence-electron chi connectivity index (χ1n) is 20.8. The highest BCUT2D eigenvalue weighted by molar-refractivity contribution is 5.76. The summed E-state index contributed by atoms with van der Waals surface area (Å²) in [6, 6.07) is 3.65. The van der Waals surface area contributed by atoms with E-state index in [9.17, 15) is 18.7 Å². The average Bonchev–Trinajstić information content (AvgIpc) is 4.01. The third-order valence-electron chi connectivity index (χ3n) is 17.3. The number of aliphatic hydroxyl groups is 1. The number of ether oxygens (including phenoxy) is 3. The van der Waals surface area contributed by atoms with Gasteiger partial charge in [-0.3, -0.25) is 4.79 Å². The van der Waals surface area contributed by atoms with E-state index in [4.69, 9.17) is 14.2 Å². The van der Waals surface area contributed by atoms with Gasteiger partial charge in [0.1, 0.15) is 11.6 Å². The van der Waals surface area contributed by atoms with Crippen LogP contribution >= 0.6 is 0 Å². The van der Waals surface area contributed by atoms with E-state index in [1.165, 1.54) is 44.2 Å². The highest BCUT2D eigenvalue weighted by Gasteiger charge is 2.84. The molecule has 6 aliphatic carbocycles. The zero-order valence-electron chi connectivity index (χ0n) is 32.1. The van der Waals surface area contributed by atoms with Gasteiger partial charge in [0.2, 0.25) is 5.91 Å². The number of morpholine rings is 1. The summed E-state index contributed by atoms with van der Waals surface area (Å²) >= 11 is 0. The maximum Gasteiger partial charge on any atom is 0.223 e. The Balaban J connectivity index is 0.886. The first kappa shape index (κ1) is 36.0. The fourth-order valence-electron chi connectivity index (χ4n) is 14.7. The minimum absolute atomic E-state index is 0.00249. The SMILES string of the molecule is C[C@@H]1CC(CNCc2cc(F)cc(F)c2)OC2C1[C@@]1(C)CC[C@@]34CC35CCC(O[C@H]3CN(C(=O)CC6CC6)CCO3)C(C)(C)[C@@H]5CC[C@H]4[C@]1(C)[C@H]2O. The molecule has 2 N–H and O–H groups in total. The molecule has 6 saturated carbocycles. The number of hydrogen-bond acceptors (Lipinski definition) is 6. The van der Waals surface area contributed by atoms with Crippen molar-refractivity contribution in [2.45, 2.75) is 142 Å². The molecule has 52 heavy (non-hydrogen) atoms. The lowest BCUT2D eigenvalue weighted by Crippen LogP contribution is -2.60. The average molecular weight is 725 g/mol. The lowest BCUT2D eigenvalue weighted by molar-refractivity contribution is -0.248. The van der Waals surface area contributed by atoms with Crippen LogP contribution in [-0.2, 0) is 25.5 Å². The van der Waals surface area contributed by atoms with Crippen molar-refractivity contribution < 1.29 is 32.9 Å².